The smallest absolute Gasteiger partial charge is 0.320 e. The van der Waals surface area contributed by atoms with Gasteiger partial charge in [0.15, 0.2) is 16.8 Å². The van der Waals surface area contributed by atoms with E-state index in [0.717, 1.165) is 77.3 Å². The van der Waals surface area contributed by atoms with Gasteiger partial charge in [0.1, 0.15) is 28.5 Å². The van der Waals surface area contributed by atoms with Crippen LogP contribution in [0.3, 0.4) is 0 Å². The highest BCUT2D eigenvalue weighted by Gasteiger charge is 2.44. The zero-order chi connectivity index (χ0) is 46.2. The number of fused-ring (bicyclic) bond motifs is 3. The Labute approximate surface area is 396 Å². The number of hydrogen-bond donors (Lipinski definition) is 3. The molecule has 2 bridgehead atoms. The molecule has 0 spiro atoms. The number of pyridine rings is 2. The highest BCUT2D eigenvalue weighted by Crippen LogP contribution is 2.53. The lowest BCUT2D eigenvalue weighted by atomic mass is 9.56. The molecular weight excluding hydrogens is 867 g/mol. The summed E-state index contributed by atoms with van der Waals surface area (Å²) in [6, 6.07) is 19.3. The molecule has 4 unspecified atom stereocenters. The van der Waals surface area contributed by atoms with Crippen LogP contribution in [0.25, 0.3) is 15.9 Å². The van der Waals surface area contributed by atoms with Gasteiger partial charge in [-0.3, -0.25) is 24.2 Å². The molecular formula is C50H63N11O3S2. The van der Waals surface area contributed by atoms with E-state index in [2.05, 4.69) is 49.0 Å². The van der Waals surface area contributed by atoms with Gasteiger partial charge in [-0.2, -0.15) is 0 Å². The summed E-state index contributed by atoms with van der Waals surface area (Å²) in [4.78, 5) is 51.1. The molecule has 3 aliphatic rings. The van der Waals surface area contributed by atoms with Crippen LogP contribution in [-0.2, 0) is 16.1 Å². The van der Waals surface area contributed by atoms with Crippen LogP contribution >= 0.6 is 23.3 Å². The number of carbonyl (C=O) groups is 2. The molecule has 1 aliphatic heterocycles. The number of thiazole rings is 1. The second kappa shape index (κ2) is 21.5. The average Bonchev–Trinajstić information content (AvgIpc) is 3.74. The summed E-state index contributed by atoms with van der Waals surface area (Å²) in [6.07, 6.45) is 12.7. The van der Waals surface area contributed by atoms with Crippen molar-refractivity contribution in [3.05, 3.63) is 95.4 Å². The largest absolute Gasteiger partial charge is 0.460 e. The molecule has 5 heterocycles. The van der Waals surface area contributed by atoms with E-state index in [4.69, 9.17) is 20.4 Å². The Hall–Kier alpha value is -5.45. The molecule has 4 atom stereocenters. The molecule has 1 aromatic carbocycles. The van der Waals surface area contributed by atoms with Crippen molar-refractivity contribution in [1.29, 1.82) is 0 Å². The van der Waals surface area contributed by atoms with E-state index in [-0.39, 0.29) is 36.1 Å². The second-order valence-electron chi connectivity index (χ2n) is 18.7. The van der Waals surface area contributed by atoms with Crippen LogP contribution in [0.1, 0.15) is 99.3 Å². The zero-order valence-corrected chi connectivity index (χ0v) is 40.5. The molecule has 2 aliphatic carbocycles. The van der Waals surface area contributed by atoms with Gasteiger partial charge in [0.25, 0.3) is 5.91 Å². The summed E-state index contributed by atoms with van der Waals surface area (Å²) in [5.74, 6) is 4.46. The number of piperidine rings is 1. The molecule has 8 rings (SSSR count). The third-order valence-electron chi connectivity index (χ3n) is 13.6. The van der Waals surface area contributed by atoms with Crippen LogP contribution in [-0.4, -0.2) is 86.6 Å². The number of nitrogens with one attached hydrogen (secondary N) is 2. The van der Waals surface area contributed by atoms with Crippen molar-refractivity contribution in [3.63, 3.8) is 0 Å². The van der Waals surface area contributed by atoms with Crippen LogP contribution < -0.4 is 20.7 Å². The standard InChI is InChI=1S/C50H63N11O3S2/c1-6-35-23-38-21-32(2)24-50(25-35,26-38)31-53-34(4)40(27-51)39-14-15-42(60(5)43-22-33(3)46(58-57-43)56-49-54-41-13-10-18-52-48(41)66-49)55-45(39)47(63)59-65-30-37-16-19-61(20-17-37)28-44(62)64-29-36-11-8-7-9-12-36/h7-15,18,22,27,32,35,37-38H,6,16-17,19-21,23-26,28-31,51H2,1-5H3,(H,59,63)(H,54,56,58)/b40-27+,53-34?. The Morgan fingerprint density at radius 1 is 1.03 bits per heavy atom. The van der Waals surface area contributed by atoms with E-state index in [1.54, 1.807) is 12.4 Å². The highest BCUT2D eigenvalue weighted by atomic mass is 32.2. The van der Waals surface area contributed by atoms with Crippen molar-refractivity contribution >= 4 is 79.4 Å². The Bertz CT molecular complexity index is 2510. The molecule has 348 valence electrons. The first-order valence-electron chi connectivity index (χ1n) is 23.3. The fourth-order valence-corrected chi connectivity index (χ4v) is 12.0. The van der Waals surface area contributed by atoms with Crippen molar-refractivity contribution in [1.82, 2.24) is 34.8 Å². The summed E-state index contributed by atoms with van der Waals surface area (Å²) in [7, 11) is 1.86. The number of likely N-dealkylation sites (tertiary alicyclic amines) is 1. The quantitative estimate of drug-likeness (QED) is 0.0457. The lowest BCUT2D eigenvalue weighted by Gasteiger charge is -2.50. The number of aliphatic imine (C=N–C) groups is 1. The first-order valence-corrected chi connectivity index (χ1v) is 25.1. The SMILES string of the molecule is CCC1CC2CC(C)CC(CN=C(C)/C(=C\N)c3ccc(N(C)c4cc(C)c(Nc5nc6cccnc6s5)nn4)nc3C(=O)NSCC3CCN(CC(=O)OCc4ccccc4)CC3)(C1)C2. The molecule has 1 amide bonds. The summed E-state index contributed by atoms with van der Waals surface area (Å²) in [6.45, 7) is 11.6. The van der Waals surface area contributed by atoms with E-state index >= 15 is 0 Å². The molecule has 2 saturated carbocycles. The maximum atomic E-state index is 14.4. The number of rotatable bonds is 17. The van der Waals surface area contributed by atoms with E-state index in [0.29, 0.717) is 45.6 Å². The predicted octanol–water partition coefficient (Wildman–Crippen LogP) is 9.53. The highest BCUT2D eigenvalue weighted by molar-refractivity contribution is 7.97. The lowest BCUT2D eigenvalue weighted by Crippen LogP contribution is -2.41. The van der Waals surface area contributed by atoms with Gasteiger partial charge in [0.2, 0.25) is 0 Å². The summed E-state index contributed by atoms with van der Waals surface area (Å²) in [5.41, 5.74) is 11.7. The van der Waals surface area contributed by atoms with Crippen LogP contribution in [0.5, 0.6) is 0 Å². The van der Waals surface area contributed by atoms with E-state index in [1.165, 1.54) is 61.8 Å². The number of allylic oxidation sites excluding steroid dienone is 1. The first-order chi connectivity index (χ1) is 32.0. The summed E-state index contributed by atoms with van der Waals surface area (Å²) >= 11 is 2.84. The number of aromatic nitrogens is 5. The van der Waals surface area contributed by atoms with Crippen molar-refractivity contribution in [3.8, 4) is 0 Å². The summed E-state index contributed by atoms with van der Waals surface area (Å²) in [5, 5.41) is 13.0. The second-order valence-corrected chi connectivity index (χ2v) is 20.6. The monoisotopic (exact) mass is 929 g/mol. The number of nitrogens with zero attached hydrogens (tertiary/aromatic N) is 8. The maximum absolute atomic E-state index is 14.4. The minimum Gasteiger partial charge on any atom is -0.460 e. The van der Waals surface area contributed by atoms with Crippen molar-refractivity contribution in [2.75, 3.05) is 49.2 Å². The third kappa shape index (κ3) is 11.6. The van der Waals surface area contributed by atoms with Gasteiger partial charge in [0.05, 0.1) is 6.54 Å². The minimum atomic E-state index is -0.316. The number of hydrogen-bond acceptors (Lipinski definition) is 15. The Morgan fingerprint density at radius 3 is 2.61 bits per heavy atom. The first kappa shape index (κ1) is 47.1. The van der Waals surface area contributed by atoms with Gasteiger partial charge in [-0.05, 0) is 154 Å². The number of anilines is 4. The third-order valence-corrected chi connectivity index (χ3v) is 15.5. The summed E-state index contributed by atoms with van der Waals surface area (Å²) < 4.78 is 8.64. The van der Waals surface area contributed by atoms with Crippen molar-refractivity contribution in [2.45, 2.75) is 85.7 Å². The number of ether oxygens (including phenoxy) is 1. The molecule has 0 radical (unpaired) electrons. The topological polar surface area (TPSA) is 177 Å². The Kier molecular flexibility index (Phi) is 15.3. The molecule has 66 heavy (non-hydrogen) atoms. The molecule has 16 heteroatoms. The van der Waals surface area contributed by atoms with Crippen molar-refractivity contribution in [2.24, 2.45) is 39.8 Å². The molecule has 3 fully saturated rings. The maximum Gasteiger partial charge on any atom is 0.320 e. The number of benzene rings is 1. The Morgan fingerprint density at radius 2 is 1.85 bits per heavy atom. The van der Waals surface area contributed by atoms with Gasteiger partial charge < -0.3 is 20.7 Å². The fourth-order valence-electron chi connectivity index (χ4n) is 10.3. The van der Waals surface area contributed by atoms with Crippen LogP contribution in [0, 0.1) is 36.0 Å². The molecule has 4 N–H and O–H groups in total. The number of esters is 1. The number of nitrogens with two attached hydrogens (primary N) is 1. The normalized spacial score (nSPS) is 21.7. The van der Waals surface area contributed by atoms with Crippen molar-refractivity contribution < 1.29 is 14.3 Å². The fraction of sp³-hybridized carbons (Fsp3) is 0.480. The molecule has 4 aromatic heterocycles. The number of amides is 1. The molecule has 14 nitrogen and oxygen atoms in total. The van der Waals surface area contributed by atoms with Crippen LogP contribution in [0.4, 0.5) is 22.6 Å². The van der Waals surface area contributed by atoms with Gasteiger partial charge in [-0.15, -0.1) is 10.2 Å². The zero-order valence-electron chi connectivity index (χ0n) is 38.8. The van der Waals surface area contributed by atoms with E-state index in [9.17, 15) is 9.59 Å². The van der Waals surface area contributed by atoms with E-state index < -0.39 is 0 Å². The number of carbonyl (C=O) groups excluding carboxylic acids is 2. The van der Waals surface area contributed by atoms with Crippen LogP contribution in [0.2, 0.25) is 0 Å². The Balaban J connectivity index is 0.962. The van der Waals surface area contributed by atoms with Gasteiger partial charge in [-0.25, -0.2) is 15.0 Å². The van der Waals surface area contributed by atoms with Gasteiger partial charge in [0, 0.05) is 48.6 Å². The predicted molar refractivity (Wildman–Crippen MR) is 267 cm³/mol. The molecule has 1 saturated heterocycles. The lowest BCUT2D eigenvalue weighted by molar-refractivity contribution is -0.146. The van der Waals surface area contributed by atoms with E-state index in [1.807, 2.05) is 86.5 Å². The van der Waals surface area contributed by atoms with Gasteiger partial charge in [-0.1, -0.05) is 61.9 Å². The van der Waals surface area contributed by atoms with Crippen LogP contribution in [0.15, 0.2) is 78.1 Å². The van der Waals surface area contributed by atoms with Gasteiger partial charge >= 0.3 is 5.97 Å². The molecule has 5 aromatic rings. The average molecular weight is 930 g/mol. The minimum absolute atomic E-state index is 0.196. The number of aryl methyl sites for hydroxylation is 1.